The smallest absolute Gasteiger partial charge is 0.0823 e. The van der Waals surface area contributed by atoms with Crippen molar-refractivity contribution >= 4 is 28.9 Å². The summed E-state index contributed by atoms with van der Waals surface area (Å²) in [6.07, 6.45) is 5.08. The van der Waals surface area contributed by atoms with Crippen LogP contribution in [0.25, 0.3) is 0 Å². The second-order valence-electron chi connectivity index (χ2n) is 5.46. The van der Waals surface area contributed by atoms with Crippen molar-refractivity contribution in [1.82, 2.24) is 4.90 Å². The number of rotatable bonds is 2. The third-order valence-electron chi connectivity index (χ3n) is 4.41. The van der Waals surface area contributed by atoms with Gasteiger partial charge in [-0.3, -0.25) is 0 Å². The first-order valence-corrected chi connectivity index (χ1v) is 7.33. The summed E-state index contributed by atoms with van der Waals surface area (Å²) in [6, 6.07) is 7.77. The summed E-state index contributed by atoms with van der Waals surface area (Å²) in [5.41, 5.74) is 0.970. The van der Waals surface area contributed by atoms with Gasteiger partial charge in [-0.25, -0.2) is 0 Å². The summed E-state index contributed by atoms with van der Waals surface area (Å²) in [4.78, 5) is 2.54. The van der Waals surface area contributed by atoms with E-state index in [0.29, 0.717) is 16.1 Å². The molecule has 98 valence electrons. The Morgan fingerprint density at radius 2 is 1.83 bits per heavy atom. The normalized spacial score (nSPS) is 31.6. The Balaban J connectivity index is 1.72. The molecule has 2 fully saturated rings. The van der Waals surface area contributed by atoms with Crippen LogP contribution in [0.4, 0.5) is 5.69 Å². The van der Waals surface area contributed by atoms with Gasteiger partial charge in [0.2, 0.25) is 0 Å². The lowest BCUT2D eigenvalue weighted by molar-refractivity contribution is 0.169. The van der Waals surface area contributed by atoms with Gasteiger partial charge in [0.15, 0.2) is 0 Å². The number of hydrogen-bond acceptors (Lipinski definition) is 2. The zero-order chi connectivity index (χ0) is 12.7. The molecule has 2 bridgehead atoms. The van der Waals surface area contributed by atoms with Crippen molar-refractivity contribution in [3.63, 3.8) is 0 Å². The van der Waals surface area contributed by atoms with Gasteiger partial charge in [-0.2, -0.15) is 0 Å². The maximum Gasteiger partial charge on any atom is 0.0823 e. The molecule has 3 rings (SSSR count). The molecule has 2 unspecified atom stereocenters. The lowest BCUT2D eigenvalue weighted by Crippen LogP contribution is -2.44. The summed E-state index contributed by atoms with van der Waals surface area (Å²) in [6.45, 7) is 0. The molecular weight excluding hydrogens is 267 g/mol. The van der Waals surface area contributed by atoms with E-state index in [0.717, 1.165) is 17.8 Å². The van der Waals surface area contributed by atoms with E-state index in [-0.39, 0.29) is 0 Å². The van der Waals surface area contributed by atoms with Gasteiger partial charge in [0.05, 0.1) is 15.7 Å². The first-order chi connectivity index (χ1) is 8.65. The Kier molecular flexibility index (Phi) is 3.44. The van der Waals surface area contributed by atoms with Crippen molar-refractivity contribution in [3.8, 4) is 0 Å². The number of benzene rings is 1. The van der Waals surface area contributed by atoms with Gasteiger partial charge < -0.3 is 10.2 Å². The van der Waals surface area contributed by atoms with Crippen LogP contribution in [0.5, 0.6) is 0 Å². The molecule has 0 saturated carbocycles. The van der Waals surface area contributed by atoms with Crippen molar-refractivity contribution < 1.29 is 0 Å². The highest BCUT2D eigenvalue weighted by molar-refractivity contribution is 6.43. The highest BCUT2D eigenvalue weighted by atomic mass is 35.5. The van der Waals surface area contributed by atoms with Crippen LogP contribution in [0.3, 0.4) is 0 Å². The van der Waals surface area contributed by atoms with E-state index in [1.54, 1.807) is 0 Å². The van der Waals surface area contributed by atoms with Gasteiger partial charge in [0.25, 0.3) is 0 Å². The number of piperidine rings is 1. The molecular formula is C14H18Cl2N2. The number of halogens is 2. The zero-order valence-electron chi connectivity index (χ0n) is 10.5. The Morgan fingerprint density at radius 1 is 1.17 bits per heavy atom. The van der Waals surface area contributed by atoms with Crippen molar-refractivity contribution in [3.05, 3.63) is 28.2 Å². The number of hydrogen-bond donors (Lipinski definition) is 1. The fourth-order valence-corrected chi connectivity index (χ4v) is 3.72. The molecule has 0 radical (unpaired) electrons. The minimum Gasteiger partial charge on any atom is -0.381 e. The van der Waals surface area contributed by atoms with Gasteiger partial charge in [-0.15, -0.1) is 0 Å². The van der Waals surface area contributed by atoms with E-state index in [4.69, 9.17) is 23.2 Å². The van der Waals surface area contributed by atoms with Crippen LogP contribution in [0.2, 0.25) is 10.0 Å². The molecule has 2 aliphatic rings. The SMILES string of the molecule is CN1C2CCC1CC(Nc1cccc(Cl)c1Cl)C2. The van der Waals surface area contributed by atoms with Crippen LogP contribution >= 0.6 is 23.2 Å². The number of fused-ring (bicyclic) bond motifs is 2. The average molecular weight is 285 g/mol. The van der Waals surface area contributed by atoms with Gasteiger partial charge in [0, 0.05) is 18.1 Å². The largest absolute Gasteiger partial charge is 0.381 e. The van der Waals surface area contributed by atoms with Crippen molar-refractivity contribution in [2.75, 3.05) is 12.4 Å². The predicted octanol–water partition coefficient (Wildman–Crippen LogP) is 4.03. The molecule has 0 aliphatic carbocycles. The number of anilines is 1. The Morgan fingerprint density at radius 3 is 2.50 bits per heavy atom. The van der Waals surface area contributed by atoms with E-state index in [9.17, 15) is 0 Å². The fourth-order valence-electron chi connectivity index (χ4n) is 3.36. The maximum atomic E-state index is 6.22. The Hall–Kier alpha value is -0.440. The van der Waals surface area contributed by atoms with Crippen LogP contribution in [0.1, 0.15) is 25.7 Å². The van der Waals surface area contributed by atoms with Gasteiger partial charge in [-0.1, -0.05) is 29.3 Å². The average Bonchev–Trinajstić information content (AvgIpc) is 2.59. The molecule has 2 nitrogen and oxygen atoms in total. The molecule has 0 aromatic heterocycles. The lowest BCUT2D eigenvalue weighted by atomic mass is 9.98. The maximum absolute atomic E-state index is 6.22. The zero-order valence-corrected chi connectivity index (χ0v) is 12.0. The van der Waals surface area contributed by atoms with E-state index in [2.05, 4.69) is 17.3 Å². The predicted molar refractivity (Wildman–Crippen MR) is 77.7 cm³/mol. The van der Waals surface area contributed by atoms with Crippen LogP contribution in [-0.2, 0) is 0 Å². The van der Waals surface area contributed by atoms with Crippen molar-refractivity contribution in [2.24, 2.45) is 0 Å². The molecule has 1 aromatic rings. The summed E-state index contributed by atoms with van der Waals surface area (Å²) in [5, 5.41) is 4.83. The Bertz CT molecular complexity index is 435. The van der Waals surface area contributed by atoms with Crippen LogP contribution in [0, 0.1) is 0 Å². The summed E-state index contributed by atoms with van der Waals surface area (Å²) >= 11 is 12.3. The summed E-state index contributed by atoms with van der Waals surface area (Å²) in [7, 11) is 2.25. The minimum atomic E-state index is 0.523. The second kappa shape index (κ2) is 4.92. The monoisotopic (exact) mass is 284 g/mol. The highest BCUT2D eigenvalue weighted by Gasteiger charge is 2.38. The molecule has 2 atom stereocenters. The Labute approximate surface area is 118 Å². The van der Waals surface area contributed by atoms with Gasteiger partial charge in [-0.05, 0) is 44.9 Å². The summed E-state index contributed by atoms with van der Waals surface area (Å²) in [5.74, 6) is 0. The van der Waals surface area contributed by atoms with Crippen molar-refractivity contribution in [2.45, 2.75) is 43.8 Å². The van der Waals surface area contributed by atoms with E-state index >= 15 is 0 Å². The molecule has 1 aromatic carbocycles. The van der Waals surface area contributed by atoms with Crippen LogP contribution in [-0.4, -0.2) is 30.1 Å². The quantitative estimate of drug-likeness (QED) is 0.882. The minimum absolute atomic E-state index is 0.523. The molecule has 1 N–H and O–H groups in total. The third kappa shape index (κ3) is 2.22. The van der Waals surface area contributed by atoms with Crippen LogP contribution in [0.15, 0.2) is 18.2 Å². The van der Waals surface area contributed by atoms with Gasteiger partial charge in [0.1, 0.15) is 0 Å². The highest BCUT2D eigenvalue weighted by Crippen LogP contribution is 2.37. The van der Waals surface area contributed by atoms with Crippen molar-refractivity contribution in [1.29, 1.82) is 0 Å². The molecule has 18 heavy (non-hydrogen) atoms. The summed E-state index contributed by atoms with van der Waals surface area (Å²) < 4.78 is 0. The standard InChI is InChI=1S/C14H18Cl2N2/c1-18-10-5-6-11(18)8-9(7-10)17-13-4-2-3-12(15)14(13)16/h2-4,9-11,17H,5-8H2,1H3. The third-order valence-corrected chi connectivity index (χ3v) is 5.23. The lowest BCUT2D eigenvalue weighted by Gasteiger charge is -2.37. The van der Waals surface area contributed by atoms with Crippen LogP contribution < -0.4 is 5.32 Å². The van der Waals surface area contributed by atoms with E-state index in [1.807, 2.05) is 18.2 Å². The molecule has 2 aliphatic heterocycles. The van der Waals surface area contributed by atoms with Gasteiger partial charge >= 0.3 is 0 Å². The number of nitrogens with one attached hydrogen (secondary N) is 1. The topological polar surface area (TPSA) is 15.3 Å². The van der Waals surface area contributed by atoms with E-state index < -0.39 is 0 Å². The molecule has 2 heterocycles. The molecule has 4 heteroatoms. The molecule has 0 spiro atoms. The number of nitrogens with zero attached hydrogens (tertiary/aromatic N) is 1. The second-order valence-corrected chi connectivity index (χ2v) is 6.25. The molecule has 0 amide bonds. The first kappa shape index (κ1) is 12.6. The first-order valence-electron chi connectivity index (χ1n) is 6.57. The molecule has 2 saturated heterocycles. The fraction of sp³-hybridized carbons (Fsp3) is 0.571. The van der Waals surface area contributed by atoms with E-state index in [1.165, 1.54) is 25.7 Å².